The van der Waals surface area contributed by atoms with Crippen molar-refractivity contribution in [2.45, 2.75) is 33.1 Å². The van der Waals surface area contributed by atoms with Crippen LogP contribution in [0.25, 0.3) is 0 Å². The Balaban J connectivity index is 0.00000261. The van der Waals surface area contributed by atoms with Gasteiger partial charge in [-0.05, 0) is 49.3 Å². The number of likely N-dealkylation sites (tertiary alicyclic amines) is 1. The van der Waals surface area contributed by atoms with Crippen LogP contribution < -0.4 is 10.6 Å². The number of hydrogen-bond acceptors (Lipinski definition) is 5. The maximum Gasteiger partial charge on any atom is 0.293 e. The number of benzene rings is 1. The van der Waals surface area contributed by atoms with E-state index in [2.05, 4.69) is 18.7 Å². The predicted molar refractivity (Wildman–Crippen MR) is 109 cm³/mol. The highest BCUT2D eigenvalue weighted by molar-refractivity contribution is 5.96. The molecule has 150 valence electrons. The summed E-state index contributed by atoms with van der Waals surface area (Å²) in [5.74, 6) is 0.368. The topological polar surface area (TPSA) is 92.7 Å². The Morgan fingerprint density at radius 3 is 2.74 bits per heavy atom. The third kappa shape index (κ3) is 4.52. The molecule has 0 spiro atoms. The molecule has 2 atom stereocenters. The fourth-order valence-corrected chi connectivity index (χ4v) is 4.02. The zero-order valence-corrected chi connectivity index (χ0v) is 16.8. The van der Waals surface area contributed by atoms with Crippen LogP contribution in [-0.2, 0) is 0 Å². The van der Waals surface area contributed by atoms with Gasteiger partial charge in [-0.25, -0.2) is 0 Å². The third-order valence-electron chi connectivity index (χ3n) is 5.75. The lowest BCUT2D eigenvalue weighted by Gasteiger charge is -2.32. The largest absolute Gasteiger partial charge is 0.366 e. The number of amides is 1. The van der Waals surface area contributed by atoms with Crippen molar-refractivity contribution in [1.82, 2.24) is 4.90 Å². The van der Waals surface area contributed by atoms with Crippen LogP contribution in [0.2, 0.25) is 0 Å². The Bertz CT molecular complexity index is 714. The first-order valence-corrected chi connectivity index (χ1v) is 9.36. The standard InChI is InChI=1S/C19H28N4O3.ClH/c1-14-4-3-8-21(11-14)16-6-5-15(10-17(16)23(25)26)18(24)22-9-7-19(2,12-20)13-22;/h5-6,10,14H,3-4,7-9,11-13,20H2,1-2H3;1H. The molecular weight excluding hydrogens is 368 g/mol. The monoisotopic (exact) mass is 396 g/mol. The van der Waals surface area contributed by atoms with Crippen molar-refractivity contribution in [1.29, 1.82) is 0 Å². The van der Waals surface area contributed by atoms with Gasteiger partial charge in [0.2, 0.25) is 0 Å². The van der Waals surface area contributed by atoms with Crippen molar-refractivity contribution in [3.8, 4) is 0 Å². The lowest BCUT2D eigenvalue weighted by Crippen LogP contribution is -2.35. The molecule has 8 heteroatoms. The maximum atomic E-state index is 12.8. The number of anilines is 1. The lowest BCUT2D eigenvalue weighted by molar-refractivity contribution is -0.384. The molecule has 0 radical (unpaired) electrons. The van der Waals surface area contributed by atoms with Gasteiger partial charge >= 0.3 is 0 Å². The van der Waals surface area contributed by atoms with Gasteiger partial charge in [0.15, 0.2) is 0 Å². The fraction of sp³-hybridized carbons (Fsp3) is 0.632. The van der Waals surface area contributed by atoms with E-state index in [9.17, 15) is 14.9 Å². The van der Waals surface area contributed by atoms with E-state index in [1.54, 1.807) is 17.0 Å². The van der Waals surface area contributed by atoms with Crippen molar-refractivity contribution in [2.75, 3.05) is 37.6 Å². The summed E-state index contributed by atoms with van der Waals surface area (Å²) < 4.78 is 0. The quantitative estimate of drug-likeness (QED) is 0.623. The number of carbonyl (C=O) groups is 1. The molecule has 7 nitrogen and oxygen atoms in total. The molecule has 2 aliphatic rings. The Morgan fingerprint density at radius 2 is 2.15 bits per heavy atom. The maximum absolute atomic E-state index is 12.8. The van der Waals surface area contributed by atoms with Crippen LogP contribution in [0.3, 0.4) is 0 Å². The van der Waals surface area contributed by atoms with Gasteiger partial charge in [-0.15, -0.1) is 12.4 Å². The number of carbonyl (C=O) groups excluding carboxylic acids is 1. The van der Waals surface area contributed by atoms with Crippen LogP contribution in [0.1, 0.15) is 43.5 Å². The van der Waals surface area contributed by atoms with Crippen molar-refractivity contribution in [3.05, 3.63) is 33.9 Å². The summed E-state index contributed by atoms with van der Waals surface area (Å²) in [6, 6.07) is 4.90. The Morgan fingerprint density at radius 1 is 1.41 bits per heavy atom. The van der Waals surface area contributed by atoms with Gasteiger partial charge in [-0.1, -0.05) is 13.8 Å². The summed E-state index contributed by atoms with van der Waals surface area (Å²) in [5.41, 5.74) is 6.77. The van der Waals surface area contributed by atoms with Crippen molar-refractivity contribution < 1.29 is 9.72 Å². The molecule has 0 aliphatic carbocycles. The summed E-state index contributed by atoms with van der Waals surface area (Å²) in [7, 11) is 0. The molecule has 0 saturated carbocycles. The average molecular weight is 397 g/mol. The first kappa shape index (κ1) is 21.4. The number of nitro benzene ring substituents is 1. The van der Waals surface area contributed by atoms with Crippen LogP contribution in [-0.4, -0.2) is 48.5 Å². The molecule has 1 aromatic carbocycles. The van der Waals surface area contributed by atoms with Gasteiger partial charge in [0, 0.05) is 37.8 Å². The molecule has 1 aromatic rings. The number of nitrogens with two attached hydrogens (primary N) is 1. The van der Waals surface area contributed by atoms with Gasteiger partial charge in [0.1, 0.15) is 5.69 Å². The van der Waals surface area contributed by atoms with E-state index in [1.165, 1.54) is 6.07 Å². The first-order chi connectivity index (χ1) is 12.3. The van der Waals surface area contributed by atoms with E-state index in [-0.39, 0.29) is 34.3 Å². The summed E-state index contributed by atoms with van der Waals surface area (Å²) in [6.07, 6.45) is 3.04. The van der Waals surface area contributed by atoms with Crippen molar-refractivity contribution in [2.24, 2.45) is 17.1 Å². The Hall–Kier alpha value is -1.86. The summed E-state index contributed by atoms with van der Waals surface area (Å²) in [4.78, 5) is 27.9. The molecule has 2 aliphatic heterocycles. The van der Waals surface area contributed by atoms with E-state index in [0.717, 1.165) is 32.4 Å². The molecule has 1 amide bonds. The molecule has 2 heterocycles. The van der Waals surface area contributed by atoms with E-state index in [1.807, 2.05) is 0 Å². The Kier molecular flexibility index (Phi) is 6.70. The second-order valence-corrected chi connectivity index (χ2v) is 8.15. The molecule has 27 heavy (non-hydrogen) atoms. The number of halogens is 1. The second kappa shape index (κ2) is 8.44. The van der Waals surface area contributed by atoms with Crippen molar-refractivity contribution >= 4 is 29.7 Å². The summed E-state index contributed by atoms with van der Waals surface area (Å²) >= 11 is 0. The molecule has 2 unspecified atom stereocenters. The van der Waals surface area contributed by atoms with E-state index in [0.29, 0.717) is 36.8 Å². The predicted octanol–water partition coefficient (Wildman–Crippen LogP) is 3.06. The highest BCUT2D eigenvalue weighted by Crippen LogP contribution is 2.34. The molecule has 2 fully saturated rings. The molecule has 0 bridgehead atoms. The zero-order valence-electron chi connectivity index (χ0n) is 16.0. The smallest absolute Gasteiger partial charge is 0.293 e. The third-order valence-corrected chi connectivity index (χ3v) is 5.75. The first-order valence-electron chi connectivity index (χ1n) is 9.36. The zero-order chi connectivity index (χ0) is 18.9. The minimum absolute atomic E-state index is 0. The van der Waals surface area contributed by atoms with Gasteiger partial charge in [-0.3, -0.25) is 14.9 Å². The van der Waals surface area contributed by atoms with E-state index in [4.69, 9.17) is 5.73 Å². The minimum Gasteiger partial charge on any atom is -0.366 e. The van der Waals surface area contributed by atoms with Gasteiger partial charge in [-0.2, -0.15) is 0 Å². The van der Waals surface area contributed by atoms with Crippen LogP contribution in [0.5, 0.6) is 0 Å². The summed E-state index contributed by atoms with van der Waals surface area (Å²) in [6.45, 7) is 7.64. The molecular formula is C19H29ClN4O3. The highest BCUT2D eigenvalue weighted by atomic mass is 35.5. The van der Waals surface area contributed by atoms with Crippen LogP contribution in [0, 0.1) is 21.4 Å². The van der Waals surface area contributed by atoms with Crippen LogP contribution in [0.15, 0.2) is 18.2 Å². The average Bonchev–Trinajstić information content (AvgIpc) is 3.03. The molecule has 3 rings (SSSR count). The SMILES string of the molecule is CC1CCCN(c2ccc(C(=O)N3CCC(C)(CN)C3)cc2[N+](=O)[O-])C1.Cl. The summed E-state index contributed by atoms with van der Waals surface area (Å²) in [5, 5.41) is 11.6. The van der Waals surface area contributed by atoms with Gasteiger partial charge in [0.25, 0.3) is 11.6 Å². The lowest BCUT2D eigenvalue weighted by atomic mass is 9.90. The number of nitro groups is 1. The second-order valence-electron chi connectivity index (χ2n) is 8.15. The van der Waals surface area contributed by atoms with E-state index >= 15 is 0 Å². The Labute approximate surface area is 166 Å². The van der Waals surface area contributed by atoms with Crippen LogP contribution in [0.4, 0.5) is 11.4 Å². The minimum atomic E-state index is -0.376. The number of piperidine rings is 1. The fourth-order valence-electron chi connectivity index (χ4n) is 4.02. The highest BCUT2D eigenvalue weighted by Gasteiger charge is 2.36. The number of rotatable bonds is 4. The molecule has 2 N–H and O–H groups in total. The van der Waals surface area contributed by atoms with Gasteiger partial charge < -0.3 is 15.5 Å². The van der Waals surface area contributed by atoms with Crippen molar-refractivity contribution in [3.63, 3.8) is 0 Å². The number of hydrogen-bond donors (Lipinski definition) is 1. The normalized spacial score (nSPS) is 25.2. The molecule has 0 aromatic heterocycles. The van der Waals surface area contributed by atoms with E-state index < -0.39 is 0 Å². The van der Waals surface area contributed by atoms with Gasteiger partial charge in [0.05, 0.1) is 4.92 Å². The van der Waals surface area contributed by atoms with Crippen LogP contribution >= 0.6 is 12.4 Å². The molecule has 2 saturated heterocycles. The number of nitrogens with zero attached hydrogens (tertiary/aromatic N) is 3.